The van der Waals surface area contributed by atoms with E-state index in [4.69, 9.17) is 0 Å². The number of hydrogen-bond donors (Lipinski definition) is 2. The second-order valence-electron chi connectivity index (χ2n) is 5.90. The second kappa shape index (κ2) is 5.10. The second-order valence-corrected chi connectivity index (χ2v) is 5.90. The van der Waals surface area contributed by atoms with Gasteiger partial charge in [-0.25, -0.2) is 0 Å². The van der Waals surface area contributed by atoms with Gasteiger partial charge in [-0.15, -0.1) is 0 Å². The smallest absolute Gasteiger partial charge is 0.314 e. The van der Waals surface area contributed by atoms with E-state index in [2.05, 4.69) is 14.9 Å². The van der Waals surface area contributed by atoms with E-state index < -0.39 is 11.1 Å². The molecule has 2 aromatic rings. The van der Waals surface area contributed by atoms with Crippen LogP contribution in [0.25, 0.3) is 11.0 Å². The van der Waals surface area contributed by atoms with Crippen molar-refractivity contribution in [2.45, 2.75) is 13.0 Å². The molecule has 7 heteroatoms. The Morgan fingerprint density at radius 3 is 2.55 bits per heavy atom. The highest BCUT2D eigenvalue weighted by Gasteiger charge is 2.24. The van der Waals surface area contributed by atoms with Crippen molar-refractivity contribution in [2.24, 2.45) is 0 Å². The number of H-pyrrole nitrogens is 2. The third-order valence-electron chi connectivity index (χ3n) is 4.05. The fourth-order valence-electron chi connectivity index (χ4n) is 2.91. The van der Waals surface area contributed by atoms with Crippen molar-refractivity contribution >= 4 is 16.9 Å². The number of amides is 1. The summed E-state index contributed by atoms with van der Waals surface area (Å²) < 4.78 is 0. The van der Waals surface area contributed by atoms with Gasteiger partial charge in [0.1, 0.15) is 0 Å². The van der Waals surface area contributed by atoms with Crippen molar-refractivity contribution in [3.8, 4) is 0 Å². The van der Waals surface area contributed by atoms with Crippen LogP contribution in [0.4, 0.5) is 0 Å². The lowest BCUT2D eigenvalue weighted by molar-refractivity contribution is 0.0825. The molecular formula is C15H18N4O3. The number of carbonyl (C=O) groups excluding carboxylic acids is 1. The standard InChI is InChI=1S/C15H18N4O3/c1-18(2)15(22)9-6-11-12(17-14(21)13(20)16-11)8-4-5-19(3)7-10(8)9/h6H,4-5,7H2,1-3H3,(H,16,20)(H,17,21). The van der Waals surface area contributed by atoms with Crippen molar-refractivity contribution < 1.29 is 4.79 Å². The van der Waals surface area contributed by atoms with Crippen LogP contribution in [0, 0.1) is 0 Å². The Kier molecular flexibility index (Phi) is 3.37. The zero-order valence-electron chi connectivity index (χ0n) is 12.8. The number of likely N-dealkylation sites (N-methyl/N-ethyl adjacent to an activating group) is 1. The van der Waals surface area contributed by atoms with E-state index in [-0.39, 0.29) is 5.91 Å². The number of fused-ring (bicyclic) bond motifs is 3. The largest absolute Gasteiger partial charge is 0.345 e. The van der Waals surface area contributed by atoms with E-state index in [1.165, 1.54) is 4.90 Å². The summed E-state index contributed by atoms with van der Waals surface area (Å²) in [4.78, 5) is 44.5. The van der Waals surface area contributed by atoms with Crippen molar-refractivity contribution in [1.29, 1.82) is 0 Å². The molecule has 1 amide bonds. The Hall–Kier alpha value is -2.41. The van der Waals surface area contributed by atoms with Gasteiger partial charge in [0.2, 0.25) is 0 Å². The molecule has 1 aliphatic rings. The predicted octanol–water partition coefficient (Wildman–Crippen LogP) is -0.0939. The Morgan fingerprint density at radius 2 is 1.86 bits per heavy atom. The third kappa shape index (κ3) is 2.23. The molecule has 1 aliphatic heterocycles. The molecule has 0 radical (unpaired) electrons. The minimum absolute atomic E-state index is 0.111. The lowest BCUT2D eigenvalue weighted by atomic mass is 9.92. The van der Waals surface area contributed by atoms with Crippen molar-refractivity contribution in [3.05, 3.63) is 43.5 Å². The summed E-state index contributed by atoms with van der Waals surface area (Å²) in [6, 6.07) is 1.66. The van der Waals surface area contributed by atoms with Crippen LogP contribution in [0.3, 0.4) is 0 Å². The molecule has 2 N–H and O–H groups in total. The molecule has 0 saturated carbocycles. The Balaban J connectivity index is 2.38. The number of carbonyl (C=O) groups is 1. The highest BCUT2D eigenvalue weighted by Crippen LogP contribution is 2.28. The molecule has 0 spiro atoms. The van der Waals surface area contributed by atoms with Gasteiger partial charge in [-0.1, -0.05) is 0 Å². The van der Waals surface area contributed by atoms with E-state index in [1.807, 2.05) is 7.05 Å². The van der Waals surface area contributed by atoms with Crippen LogP contribution < -0.4 is 11.1 Å². The lowest BCUT2D eigenvalue weighted by Crippen LogP contribution is -2.33. The van der Waals surface area contributed by atoms with Crippen LogP contribution in [-0.4, -0.2) is 53.4 Å². The fraction of sp³-hybridized carbons (Fsp3) is 0.400. The maximum absolute atomic E-state index is 12.5. The minimum atomic E-state index is -0.705. The molecule has 1 aromatic carbocycles. The van der Waals surface area contributed by atoms with Gasteiger partial charge in [0.15, 0.2) is 0 Å². The molecule has 3 rings (SSSR count). The summed E-state index contributed by atoms with van der Waals surface area (Å²) in [6.45, 7) is 1.48. The van der Waals surface area contributed by atoms with Crippen molar-refractivity contribution in [2.75, 3.05) is 27.7 Å². The van der Waals surface area contributed by atoms with E-state index in [9.17, 15) is 14.4 Å². The normalized spacial score (nSPS) is 14.9. The monoisotopic (exact) mass is 302 g/mol. The number of hydrogen-bond acceptors (Lipinski definition) is 4. The Bertz CT molecular complexity index is 879. The average Bonchev–Trinajstić information content (AvgIpc) is 2.47. The zero-order valence-corrected chi connectivity index (χ0v) is 12.8. The molecule has 2 heterocycles. The molecule has 0 aliphatic carbocycles. The quantitative estimate of drug-likeness (QED) is 0.720. The molecule has 0 fully saturated rings. The van der Waals surface area contributed by atoms with Crippen LogP contribution in [0.5, 0.6) is 0 Å². The van der Waals surface area contributed by atoms with Gasteiger partial charge in [0.25, 0.3) is 5.91 Å². The highest BCUT2D eigenvalue weighted by atomic mass is 16.2. The van der Waals surface area contributed by atoms with Gasteiger partial charge in [0, 0.05) is 32.7 Å². The highest BCUT2D eigenvalue weighted by molar-refractivity contribution is 6.00. The first-order valence-corrected chi connectivity index (χ1v) is 7.09. The molecule has 0 saturated heterocycles. The topological polar surface area (TPSA) is 89.3 Å². The maximum atomic E-state index is 12.5. The first-order valence-electron chi connectivity index (χ1n) is 7.09. The molecule has 0 bridgehead atoms. The summed E-state index contributed by atoms with van der Waals surface area (Å²) in [7, 11) is 5.38. The van der Waals surface area contributed by atoms with Gasteiger partial charge in [-0.05, 0) is 30.7 Å². The van der Waals surface area contributed by atoms with E-state index in [1.54, 1.807) is 20.2 Å². The molecule has 0 atom stereocenters. The summed E-state index contributed by atoms with van der Waals surface area (Å²) in [5.74, 6) is -0.111. The van der Waals surface area contributed by atoms with Gasteiger partial charge < -0.3 is 19.8 Å². The van der Waals surface area contributed by atoms with Gasteiger partial charge in [-0.2, -0.15) is 0 Å². The van der Waals surface area contributed by atoms with Crippen molar-refractivity contribution in [3.63, 3.8) is 0 Å². The molecular weight excluding hydrogens is 284 g/mol. The van der Waals surface area contributed by atoms with Gasteiger partial charge >= 0.3 is 11.1 Å². The SMILES string of the molecule is CN1CCc2c(c(C(=O)N(C)C)cc3[nH]c(=O)c(=O)[nH]c23)C1. The van der Waals surface area contributed by atoms with Crippen LogP contribution in [0.2, 0.25) is 0 Å². The summed E-state index contributed by atoms with van der Waals surface area (Å²) >= 11 is 0. The Morgan fingerprint density at radius 1 is 1.18 bits per heavy atom. The molecule has 1 aromatic heterocycles. The summed E-state index contributed by atoms with van der Waals surface area (Å²) in [5, 5.41) is 0. The lowest BCUT2D eigenvalue weighted by Gasteiger charge is -2.28. The molecule has 22 heavy (non-hydrogen) atoms. The van der Waals surface area contributed by atoms with Gasteiger partial charge in [0.05, 0.1) is 11.0 Å². The number of aromatic amines is 2. The molecule has 116 valence electrons. The maximum Gasteiger partial charge on any atom is 0.314 e. The number of nitrogens with one attached hydrogen (secondary N) is 2. The van der Waals surface area contributed by atoms with Crippen LogP contribution >= 0.6 is 0 Å². The molecule has 0 unspecified atom stereocenters. The number of aromatic nitrogens is 2. The first kappa shape index (κ1) is 14.5. The third-order valence-corrected chi connectivity index (χ3v) is 4.05. The number of benzene rings is 1. The fourth-order valence-corrected chi connectivity index (χ4v) is 2.91. The predicted molar refractivity (Wildman–Crippen MR) is 83.2 cm³/mol. The van der Waals surface area contributed by atoms with E-state index in [0.29, 0.717) is 23.1 Å². The van der Waals surface area contributed by atoms with Crippen LogP contribution in [-0.2, 0) is 13.0 Å². The summed E-state index contributed by atoms with van der Waals surface area (Å²) in [6.07, 6.45) is 0.721. The summed E-state index contributed by atoms with van der Waals surface area (Å²) in [5.41, 5.74) is 2.18. The Labute approximate surface area is 126 Å². The number of rotatable bonds is 1. The molecule has 7 nitrogen and oxygen atoms in total. The minimum Gasteiger partial charge on any atom is -0.345 e. The first-order chi connectivity index (χ1) is 10.4. The van der Waals surface area contributed by atoms with Crippen LogP contribution in [0.1, 0.15) is 21.5 Å². The van der Waals surface area contributed by atoms with Gasteiger partial charge in [-0.3, -0.25) is 14.4 Å². The van der Waals surface area contributed by atoms with Crippen molar-refractivity contribution in [1.82, 2.24) is 19.8 Å². The van der Waals surface area contributed by atoms with Crippen LogP contribution in [0.15, 0.2) is 15.7 Å². The zero-order chi connectivity index (χ0) is 16.0. The van der Waals surface area contributed by atoms with E-state index >= 15 is 0 Å². The van der Waals surface area contributed by atoms with E-state index in [0.717, 1.165) is 24.1 Å². The number of nitrogens with zero attached hydrogens (tertiary/aromatic N) is 2. The average molecular weight is 302 g/mol.